The molecule has 0 aliphatic heterocycles. The minimum absolute atomic E-state index is 0.137. The highest BCUT2D eigenvalue weighted by molar-refractivity contribution is 5.97. The van der Waals surface area contributed by atoms with Gasteiger partial charge in [0.25, 0.3) is 5.91 Å². The lowest BCUT2D eigenvalue weighted by Crippen LogP contribution is -2.42. The quantitative estimate of drug-likeness (QED) is 0.825. The first-order chi connectivity index (χ1) is 11.2. The van der Waals surface area contributed by atoms with Crippen LogP contribution in [0, 0.1) is 5.92 Å². The van der Waals surface area contributed by atoms with E-state index in [-0.39, 0.29) is 12.5 Å². The van der Waals surface area contributed by atoms with Crippen molar-refractivity contribution in [2.45, 2.75) is 25.1 Å². The molecule has 8 heteroatoms. The van der Waals surface area contributed by atoms with Crippen LogP contribution in [0.5, 0.6) is 0 Å². The molecule has 2 rings (SSSR count). The second-order valence-corrected chi connectivity index (χ2v) is 5.91. The molecule has 1 aliphatic rings. The van der Waals surface area contributed by atoms with Gasteiger partial charge in [0.15, 0.2) is 0 Å². The Balaban J connectivity index is 1.92. The minimum Gasteiger partial charge on any atom is -0.391 e. The Hall–Kier alpha value is -2.09. The van der Waals surface area contributed by atoms with E-state index >= 15 is 0 Å². The summed E-state index contributed by atoms with van der Waals surface area (Å²) >= 11 is 0. The van der Waals surface area contributed by atoms with E-state index in [1.807, 2.05) is 0 Å². The molecule has 0 radical (unpaired) electrons. The van der Waals surface area contributed by atoms with Gasteiger partial charge in [0.2, 0.25) is 5.91 Å². The van der Waals surface area contributed by atoms with Crippen LogP contribution in [0.1, 0.15) is 28.8 Å². The fourth-order valence-corrected chi connectivity index (χ4v) is 2.33. The summed E-state index contributed by atoms with van der Waals surface area (Å²) in [5, 5.41) is 12.0. The highest BCUT2D eigenvalue weighted by Crippen LogP contribution is 2.33. The van der Waals surface area contributed by atoms with Crippen molar-refractivity contribution >= 4 is 11.8 Å². The maximum absolute atomic E-state index is 12.9. The Kier molecular flexibility index (Phi) is 5.48. The predicted octanol–water partition coefficient (Wildman–Crippen LogP) is 1.66. The molecule has 0 spiro atoms. The molecule has 0 heterocycles. The maximum Gasteiger partial charge on any atom is 0.417 e. The fraction of sp³-hybridized carbons (Fsp3) is 0.500. The molecule has 0 saturated heterocycles. The summed E-state index contributed by atoms with van der Waals surface area (Å²) in [7, 11) is 1.48. The van der Waals surface area contributed by atoms with Crippen LogP contribution in [0.3, 0.4) is 0 Å². The van der Waals surface area contributed by atoms with E-state index < -0.39 is 41.8 Å². The number of benzene rings is 1. The molecule has 24 heavy (non-hydrogen) atoms. The number of alkyl halides is 3. The molecule has 132 valence electrons. The number of amides is 2. The third-order valence-corrected chi connectivity index (χ3v) is 3.93. The van der Waals surface area contributed by atoms with Gasteiger partial charge in [-0.25, -0.2) is 0 Å². The molecule has 1 fully saturated rings. The smallest absolute Gasteiger partial charge is 0.391 e. The van der Waals surface area contributed by atoms with Crippen molar-refractivity contribution in [1.82, 2.24) is 10.2 Å². The molecule has 2 N–H and O–H groups in total. The summed E-state index contributed by atoms with van der Waals surface area (Å²) in [6, 6.07) is 4.39. The van der Waals surface area contributed by atoms with Crippen LogP contribution in [-0.2, 0) is 11.0 Å². The third-order valence-electron chi connectivity index (χ3n) is 3.93. The highest BCUT2D eigenvalue weighted by Gasteiger charge is 2.35. The molecule has 2 amide bonds. The SMILES string of the molecule is CN(CC(O)C1CC1)C(=O)CNC(=O)c1ccccc1C(F)(F)F. The van der Waals surface area contributed by atoms with Gasteiger partial charge in [-0.05, 0) is 30.9 Å². The summed E-state index contributed by atoms with van der Waals surface area (Å²) in [5.74, 6) is -1.24. The zero-order valence-corrected chi connectivity index (χ0v) is 13.1. The van der Waals surface area contributed by atoms with Crippen LogP contribution in [0.15, 0.2) is 24.3 Å². The molecule has 1 aromatic carbocycles. The number of hydrogen-bond acceptors (Lipinski definition) is 3. The van der Waals surface area contributed by atoms with Crippen molar-refractivity contribution in [3.05, 3.63) is 35.4 Å². The Morgan fingerprint density at radius 3 is 2.54 bits per heavy atom. The van der Waals surface area contributed by atoms with Gasteiger partial charge in [-0.3, -0.25) is 9.59 Å². The second-order valence-electron chi connectivity index (χ2n) is 5.91. The lowest BCUT2D eigenvalue weighted by atomic mass is 10.1. The van der Waals surface area contributed by atoms with E-state index in [0.717, 1.165) is 25.0 Å². The second kappa shape index (κ2) is 7.21. The number of nitrogens with zero attached hydrogens (tertiary/aromatic N) is 1. The van der Waals surface area contributed by atoms with Gasteiger partial charge in [-0.2, -0.15) is 13.2 Å². The molecule has 0 aromatic heterocycles. The minimum atomic E-state index is -4.65. The van der Waals surface area contributed by atoms with E-state index in [1.54, 1.807) is 0 Å². The number of rotatable bonds is 6. The summed E-state index contributed by atoms with van der Waals surface area (Å²) < 4.78 is 38.6. The third kappa shape index (κ3) is 4.70. The molecule has 1 aromatic rings. The molecule has 1 aliphatic carbocycles. The first-order valence-corrected chi connectivity index (χ1v) is 7.56. The number of halogens is 3. The van der Waals surface area contributed by atoms with Gasteiger partial charge in [0.05, 0.1) is 23.8 Å². The first-order valence-electron chi connectivity index (χ1n) is 7.56. The molecule has 0 bridgehead atoms. The summed E-state index contributed by atoms with van der Waals surface area (Å²) in [6.07, 6.45) is -3.41. The zero-order chi connectivity index (χ0) is 17.9. The molecule has 5 nitrogen and oxygen atoms in total. The number of likely N-dealkylation sites (N-methyl/N-ethyl adjacent to an activating group) is 1. The summed E-state index contributed by atoms with van der Waals surface area (Å²) in [4.78, 5) is 25.1. The summed E-state index contributed by atoms with van der Waals surface area (Å²) in [5.41, 5.74) is -1.58. The van der Waals surface area contributed by atoms with Gasteiger partial charge in [0.1, 0.15) is 0 Å². The largest absolute Gasteiger partial charge is 0.417 e. The molecular formula is C16H19F3N2O3. The number of carbonyl (C=O) groups excluding carboxylic acids is 2. The van der Waals surface area contributed by atoms with E-state index in [1.165, 1.54) is 24.1 Å². The zero-order valence-electron chi connectivity index (χ0n) is 13.1. The number of aliphatic hydroxyl groups is 1. The van der Waals surface area contributed by atoms with Gasteiger partial charge in [-0.1, -0.05) is 12.1 Å². The summed E-state index contributed by atoms with van der Waals surface area (Å²) in [6.45, 7) is -0.294. The van der Waals surface area contributed by atoms with Crippen molar-refractivity contribution in [2.24, 2.45) is 5.92 Å². The van der Waals surface area contributed by atoms with E-state index in [9.17, 15) is 27.9 Å². The first kappa shape index (κ1) is 18.3. The van der Waals surface area contributed by atoms with Crippen molar-refractivity contribution in [2.75, 3.05) is 20.1 Å². The van der Waals surface area contributed by atoms with Crippen molar-refractivity contribution in [1.29, 1.82) is 0 Å². The Labute approximate surface area is 137 Å². The number of aliphatic hydroxyl groups excluding tert-OH is 1. The van der Waals surface area contributed by atoms with Gasteiger partial charge < -0.3 is 15.3 Å². The number of hydrogen-bond donors (Lipinski definition) is 2. The lowest BCUT2D eigenvalue weighted by Gasteiger charge is -2.21. The molecule has 1 atom stereocenters. The van der Waals surface area contributed by atoms with Gasteiger partial charge >= 0.3 is 6.18 Å². The Morgan fingerprint density at radius 1 is 1.33 bits per heavy atom. The monoisotopic (exact) mass is 344 g/mol. The number of nitrogens with one attached hydrogen (secondary N) is 1. The van der Waals surface area contributed by atoms with Crippen LogP contribution in [-0.4, -0.2) is 48.1 Å². The Morgan fingerprint density at radius 2 is 1.96 bits per heavy atom. The Bertz CT molecular complexity index is 615. The van der Waals surface area contributed by atoms with E-state index in [4.69, 9.17) is 0 Å². The normalized spacial score (nSPS) is 15.7. The highest BCUT2D eigenvalue weighted by atomic mass is 19.4. The van der Waals surface area contributed by atoms with Gasteiger partial charge in [-0.15, -0.1) is 0 Å². The fourth-order valence-electron chi connectivity index (χ4n) is 2.33. The average molecular weight is 344 g/mol. The van der Waals surface area contributed by atoms with Crippen LogP contribution in [0.25, 0.3) is 0 Å². The maximum atomic E-state index is 12.9. The average Bonchev–Trinajstić information content (AvgIpc) is 3.36. The van der Waals surface area contributed by atoms with E-state index in [2.05, 4.69) is 5.32 Å². The lowest BCUT2D eigenvalue weighted by molar-refractivity contribution is -0.137. The van der Waals surface area contributed by atoms with Crippen LogP contribution in [0.4, 0.5) is 13.2 Å². The van der Waals surface area contributed by atoms with Crippen LogP contribution < -0.4 is 5.32 Å². The van der Waals surface area contributed by atoms with E-state index in [0.29, 0.717) is 0 Å². The van der Waals surface area contributed by atoms with Crippen molar-refractivity contribution in [3.63, 3.8) is 0 Å². The van der Waals surface area contributed by atoms with Gasteiger partial charge in [0, 0.05) is 13.6 Å². The van der Waals surface area contributed by atoms with Crippen molar-refractivity contribution < 1.29 is 27.9 Å². The topological polar surface area (TPSA) is 69.6 Å². The molecule has 1 unspecified atom stereocenters. The number of carbonyl (C=O) groups is 2. The van der Waals surface area contributed by atoms with Crippen LogP contribution in [0.2, 0.25) is 0 Å². The predicted molar refractivity (Wildman–Crippen MR) is 80.1 cm³/mol. The van der Waals surface area contributed by atoms with Crippen molar-refractivity contribution in [3.8, 4) is 0 Å². The molecular weight excluding hydrogens is 325 g/mol. The molecule has 1 saturated carbocycles. The van der Waals surface area contributed by atoms with Crippen LogP contribution >= 0.6 is 0 Å². The standard InChI is InChI=1S/C16H19F3N2O3/c1-21(9-13(22)10-6-7-10)14(23)8-20-15(24)11-4-2-3-5-12(11)16(17,18)19/h2-5,10,13,22H,6-9H2,1H3,(H,20,24).